The van der Waals surface area contributed by atoms with E-state index < -0.39 is 0 Å². The second kappa shape index (κ2) is 5.52. The standard InChI is InChI=1S/C15H14N4O/c20-15(18-7-3-12-1-5-16-6-2-12)13-4-8-19-11-17-10-14(19)9-13/h1-2,4-6,8-11H,3,7H2,(H,18,20). The molecule has 0 aliphatic heterocycles. The fourth-order valence-corrected chi connectivity index (χ4v) is 2.03. The van der Waals surface area contributed by atoms with Gasteiger partial charge in [0.25, 0.3) is 5.91 Å². The Hall–Kier alpha value is -2.69. The number of nitrogens with one attached hydrogen (secondary N) is 1. The van der Waals surface area contributed by atoms with Gasteiger partial charge in [0.05, 0.1) is 18.0 Å². The van der Waals surface area contributed by atoms with Crippen LogP contribution < -0.4 is 5.32 Å². The number of imidazole rings is 1. The van der Waals surface area contributed by atoms with Crippen molar-refractivity contribution in [2.45, 2.75) is 6.42 Å². The predicted octanol–water partition coefficient (Wildman–Crippen LogP) is 1.70. The molecule has 0 aliphatic rings. The third kappa shape index (κ3) is 2.66. The molecule has 0 fully saturated rings. The zero-order valence-electron chi connectivity index (χ0n) is 10.9. The lowest BCUT2D eigenvalue weighted by atomic mass is 10.2. The van der Waals surface area contributed by atoms with Crippen molar-refractivity contribution in [3.05, 3.63) is 66.5 Å². The van der Waals surface area contributed by atoms with Crippen LogP contribution in [0.5, 0.6) is 0 Å². The van der Waals surface area contributed by atoms with Crippen LogP contribution in [0.25, 0.3) is 5.52 Å². The van der Waals surface area contributed by atoms with Gasteiger partial charge in [0, 0.05) is 30.7 Å². The van der Waals surface area contributed by atoms with Crippen molar-refractivity contribution in [3.8, 4) is 0 Å². The SMILES string of the molecule is O=C(NCCc1ccncc1)c1ccn2cncc2c1. The number of nitrogens with zero attached hydrogens (tertiary/aromatic N) is 3. The molecule has 0 unspecified atom stereocenters. The molecular formula is C15H14N4O. The van der Waals surface area contributed by atoms with E-state index in [1.165, 1.54) is 0 Å². The van der Waals surface area contributed by atoms with Crippen molar-refractivity contribution in [3.63, 3.8) is 0 Å². The number of fused-ring (bicyclic) bond motifs is 1. The van der Waals surface area contributed by atoms with Crippen LogP contribution in [0.3, 0.4) is 0 Å². The number of pyridine rings is 2. The Labute approximate surface area is 116 Å². The van der Waals surface area contributed by atoms with Crippen molar-refractivity contribution in [2.75, 3.05) is 6.54 Å². The molecule has 0 aliphatic carbocycles. The van der Waals surface area contributed by atoms with Crippen molar-refractivity contribution >= 4 is 11.4 Å². The van der Waals surface area contributed by atoms with Crippen molar-refractivity contribution in [2.24, 2.45) is 0 Å². The molecule has 0 aromatic carbocycles. The van der Waals surface area contributed by atoms with E-state index in [9.17, 15) is 4.79 Å². The van der Waals surface area contributed by atoms with E-state index in [4.69, 9.17) is 0 Å². The Morgan fingerprint density at radius 2 is 2.05 bits per heavy atom. The number of hydrogen-bond acceptors (Lipinski definition) is 3. The van der Waals surface area contributed by atoms with Gasteiger partial charge in [-0.1, -0.05) is 0 Å². The highest BCUT2D eigenvalue weighted by atomic mass is 16.1. The van der Waals surface area contributed by atoms with E-state index in [0.29, 0.717) is 12.1 Å². The van der Waals surface area contributed by atoms with Gasteiger partial charge >= 0.3 is 0 Å². The van der Waals surface area contributed by atoms with Gasteiger partial charge in [0.15, 0.2) is 0 Å². The summed E-state index contributed by atoms with van der Waals surface area (Å²) in [7, 11) is 0. The van der Waals surface area contributed by atoms with Gasteiger partial charge in [-0.25, -0.2) is 4.98 Å². The molecule has 1 N–H and O–H groups in total. The molecule has 1 amide bonds. The van der Waals surface area contributed by atoms with Crippen LogP contribution >= 0.6 is 0 Å². The van der Waals surface area contributed by atoms with E-state index >= 15 is 0 Å². The summed E-state index contributed by atoms with van der Waals surface area (Å²) in [5.41, 5.74) is 2.71. The van der Waals surface area contributed by atoms with E-state index in [1.54, 1.807) is 31.0 Å². The van der Waals surface area contributed by atoms with Crippen molar-refractivity contribution in [1.82, 2.24) is 19.7 Å². The molecule has 0 radical (unpaired) electrons. The maximum atomic E-state index is 12.0. The van der Waals surface area contributed by atoms with Gasteiger partial charge < -0.3 is 9.72 Å². The van der Waals surface area contributed by atoms with Crippen LogP contribution in [0.15, 0.2) is 55.4 Å². The first-order valence-electron chi connectivity index (χ1n) is 6.42. The van der Waals surface area contributed by atoms with Crippen molar-refractivity contribution < 1.29 is 4.79 Å². The fraction of sp³-hybridized carbons (Fsp3) is 0.133. The van der Waals surface area contributed by atoms with Crippen LogP contribution in [0, 0.1) is 0 Å². The molecule has 0 saturated heterocycles. The lowest BCUT2D eigenvalue weighted by molar-refractivity contribution is 0.0954. The van der Waals surface area contributed by atoms with Crippen LogP contribution in [-0.4, -0.2) is 26.8 Å². The summed E-state index contributed by atoms with van der Waals surface area (Å²) in [5.74, 6) is -0.0669. The second-order valence-corrected chi connectivity index (χ2v) is 4.50. The molecule has 3 aromatic rings. The maximum Gasteiger partial charge on any atom is 0.251 e. The smallest absolute Gasteiger partial charge is 0.251 e. The van der Waals surface area contributed by atoms with Gasteiger partial charge in [0.2, 0.25) is 0 Å². The first-order chi connectivity index (χ1) is 9.83. The number of carbonyl (C=O) groups is 1. The Kier molecular flexibility index (Phi) is 3.41. The van der Waals surface area contributed by atoms with E-state index in [1.807, 2.05) is 28.8 Å². The van der Waals surface area contributed by atoms with E-state index in [0.717, 1.165) is 17.5 Å². The molecule has 100 valence electrons. The minimum Gasteiger partial charge on any atom is -0.352 e. The summed E-state index contributed by atoms with van der Waals surface area (Å²) in [4.78, 5) is 20.0. The lowest BCUT2D eigenvalue weighted by Crippen LogP contribution is -2.25. The molecule has 0 atom stereocenters. The minimum atomic E-state index is -0.0669. The van der Waals surface area contributed by atoms with Crippen LogP contribution in [0.1, 0.15) is 15.9 Å². The lowest BCUT2D eigenvalue weighted by Gasteiger charge is -2.05. The van der Waals surface area contributed by atoms with E-state index in [-0.39, 0.29) is 5.91 Å². The minimum absolute atomic E-state index is 0.0669. The highest BCUT2D eigenvalue weighted by Gasteiger charge is 2.06. The van der Waals surface area contributed by atoms with Gasteiger partial charge in [-0.2, -0.15) is 0 Å². The van der Waals surface area contributed by atoms with Crippen LogP contribution in [0.2, 0.25) is 0 Å². The Morgan fingerprint density at radius 3 is 2.90 bits per heavy atom. The van der Waals surface area contributed by atoms with Crippen molar-refractivity contribution in [1.29, 1.82) is 0 Å². The normalized spacial score (nSPS) is 10.6. The number of aromatic nitrogens is 3. The first kappa shape index (κ1) is 12.3. The summed E-state index contributed by atoms with van der Waals surface area (Å²) in [6.07, 6.45) is 9.58. The van der Waals surface area contributed by atoms with Crippen LogP contribution in [0.4, 0.5) is 0 Å². The molecular weight excluding hydrogens is 252 g/mol. The summed E-state index contributed by atoms with van der Waals surface area (Å²) in [5, 5.41) is 2.92. The highest BCUT2D eigenvalue weighted by Crippen LogP contribution is 2.06. The second-order valence-electron chi connectivity index (χ2n) is 4.50. The van der Waals surface area contributed by atoms with Gasteiger partial charge in [-0.15, -0.1) is 0 Å². The number of carbonyl (C=O) groups excluding carboxylic acids is 1. The largest absolute Gasteiger partial charge is 0.352 e. The quantitative estimate of drug-likeness (QED) is 0.782. The molecule has 0 saturated carbocycles. The van der Waals surface area contributed by atoms with Gasteiger partial charge in [0.1, 0.15) is 0 Å². The average Bonchev–Trinajstić information content (AvgIpc) is 2.95. The molecule has 0 spiro atoms. The molecule has 3 aromatic heterocycles. The number of hydrogen-bond donors (Lipinski definition) is 1. The third-order valence-corrected chi connectivity index (χ3v) is 3.12. The van der Waals surface area contributed by atoms with Gasteiger partial charge in [-0.05, 0) is 36.2 Å². The number of amides is 1. The van der Waals surface area contributed by atoms with Gasteiger partial charge in [-0.3, -0.25) is 9.78 Å². The highest BCUT2D eigenvalue weighted by molar-refractivity contribution is 5.95. The predicted molar refractivity (Wildman–Crippen MR) is 75.5 cm³/mol. The monoisotopic (exact) mass is 266 g/mol. The third-order valence-electron chi connectivity index (χ3n) is 3.12. The molecule has 3 rings (SSSR count). The number of rotatable bonds is 4. The molecule has 20 heavy (non-hydrogen) atoms. The maximum absolute atomic E-state index is 12.0. The topological polar surface area (TPSA) is 59.3 Å². The summed E-state index contributed by atoms with van der Waals surface area (Å²) in [6.45, 7) is 0.604. The molecule has 3 heterocycles. The van der Waals surface area contributed by atoms with E-state index in [2.05, 4.69) is 15.3 Å². The van der Waals surface area contributed by atoms with Crippen LogP contribution in [-0.2, 0) is 6.42 Å². The summed E-state index contributed by atoms with van der Waals surface area (Å²) < 4.78 is 1.87. The first-order valence-corrected chi connectivity index (χ1v) is 6.42. The zero-order chi connectivity index (χ0) is 13.8. The molecule has 5 nitrogen and oxygen atoms in total. The summed E-state index contributed by atoms with van der Waals surface area (Å²) >= 11 is 0. The Morgan fingerprint density at radius 1 is 1.20 bits per heavy atom. The zero-order valence-corrected chi connectivity index (χ0v) is 10.9. The fourth-order valence-electron chi connectivity index (χ4n) is 2.03. The Balaban J connectivity index is 1.61. The average molecular weight is 266 g/mol. The summed E-state index contributed by atoms with van der Waals surface area (Å²) in [6, 6.07) is 7.51. The molecule has 5 heteroatoms. The molecule has 0 bridgehead atoms. The Bertz CT molecular complexity index is 721.